The van der Waals surface area contributed by atoms with Crippen molar-refractivity contribution in [2.45, 2.75) is 24.8 Å². The Morgan fingerprint density at radius 3 is 2.41 bits per heavy atom. The Hall–Kier alpha value is -1.82. The van der Waals surface area contributed by atoms with Gasteiger partial charge in [-0.1, -0.05) is 41.9 Å². The molecule has 1 N–H and O–H groups in total. The molecule has 140 valence electrons. The van der Waals surface area contributed by atoms with Gasteiger partial charge in [-0.15, -0.1) is 0 Å². The quantitative estimate of drug-likeness (QED) is 0.609. The van der Waals surface area contributed by atoms with Crippen molar-refractivity contribution in [2.24, 2.45) is 7.05 Å². The molecule has 1 aromatic heterocycles. The minimum atomic E-state index is -0.0423. The lowest BCUT2D eigenvalue weighted by Gasteiger charge is -2.17. The van der Waals surface area contributed by atoms with E-state index in [1.807, 2.05) is 54.2 Å². The van der Waals surface area contributed by atoms with E-state index in [2.05, 4.69) is 33.4 Å². The monoisotopic (exact) mass is 445 g/mol. The number of halogens is 2. The van der Waals surface area contributed by atoms with Gasteiger partial charge in [0.1, 0.15) is 4.47 Å². The molecule has 0 saturated heterocycles. The van der Waals surface area contributed by atoms with Gasteiger partial charge in [-0.25, -0.2) is 4.68 Å². The van der Waals surface area contributed by atoms with Crippen LogP contribution in [0.15, 0.2) is 63.9 Å². The van der Waals surface area contributed by atoms with Crippen LogP contribution in [-0.4, -0.2) is 15.9 Å². The van der Waals surface area contributed by atoms with Crippen molar-refractivity contribution >= 4 is 27.5 Å². The van der Waals surface area contributed by atoms with Gasteiger partial charge < -0.3 is 5.32 Å². The molecule has 2 aromatic carbocycles. The van der Waals surface area contributed by atoms with Crippen LogP contribution < -0.4 is 10.9 Å². The summed E-state index contributed by atoms with van der Waals surface area (Å²) in [5.41, 5.74) is 3.28. The van der Waals surface area contributed by atoms with Crippen LogP contribution in [0.5, 0.6) is 0 Å². The summed E-state index contributed by atoms with van der Waals surface area (Å²) in [6.07, 6.45) is 2.35. The molecule has 1 heterocycles. The van der Waals surface area contributed by atoms with E-state index in [1.54, 1.807) is 4.68 Å². The van der Waals surface area contributed by atoms with E-state index in [9.17, 15) is 4.79 Å². The van der Waals surface area contributed by atoms with Crippen LogP contribution in [0, 0.1) is 0 Å². The Morgan fingerprint density at radius 2 is 1.78 bits per heavy atom. The van der Waals surface area contributed by atoms with E-state index >= 15 is 0 Å². The van der Waals surface area contributed by atoms with E-state index < -0.39 is 0 Å². The third-order valence-electron chi connectivity index (χ3n) is 5.39. The molecule has 1 aliphatic carbocycles. The molecule has 3 aromatic rings. The topological polar surface area (TPSA) is 39.0 Å². The van der Waals surface area contributed by atoms with Gasteiger partial charge in [0.25, 0.3) is 5.56 Å². The first-order chi connectivity index (χ1) is 13.0. The highest BCUT2D eigenvalue weighted by atomic mass is 79.9. The lowest BCUT2D eigenvalue weighted by atomic mass is 9.96. The second-order valence-electron chi connectivity index (χ2n) is 7.13. The van der Waals surface area contributed by atoms with Crippen molar-refractivity contribution in [1.82, 2.24) is 14.7 Å². The van der Waals surface area contributed by atoms with Crippen molar-refractivity contribution in [3.05, 3.63) is 85.7 Å². The van der Waals surface area contributed by atoms with Crippen LogP contribution in [0.4, 0.5) is 0 Å². The molecule has 27 heavy (non-hydrogen) atoms. The summed E-state index contributed by atoms with van der Waals surface area (Å²) in [5, 5.41) is 4.32. The molecular formula is C21H21BrClN3O. The molecule has 0 aliphatic heterocycles. The first-order valence-corrected chi connectivity index (χ1v) is 10.2. The zero-order valence-corrected chi connectivity index (χ0v) is 17.4. The Morgan fingerprint density at radius 1 is 1.11 bits per heavy atom. The fourth-order valence-corrected chi connectivity index (χ4v) is 4.30. The largest absolute Gasteiger partial charge is 0.310 e. The average Bonchev–Trinajstić information content (AvgIpc) is 3.43. The molecular weight excluding hydrogens is 426 g/mol. The number of nitrogens with zero attached hydrogens (tertiary/aromatic N) is 2. The van der Waals surface area contributed by atoms with Gasteiger partial charge >= 0.3 is 0 Å². The van der Waals surface area contributed by atoms with Crippen molar-refractivity contribution in [3.63, 3.8) is 0 Å². The number of aromatic nitrogens is 2. The van der Waals surface area contributed by atoms with Crippen molar-refractivity contribution in [3.8, 4) is 5.69 Å². The van der Waals surface area contributed by atoms with Crippen LogP contribution in [0.2, 0.25) is 5.02 Å². The maximum Gasteiger partial charge on any atom is 0.286 e. The Labute approximate surface area is 171 Å². The summed E-state index contributed by atoms with van der Waals surface area (Å²) in [6.45, 7) is 1.51. The van der Waals surface area contributed by atoms with Gasteiger partial charge in [0.05, 0.1) is 11.4 Å². The van der Waals surface area contributed by atoms with Gasteiger partial charge in [-0.2, -0.15) is 0 Å². The number of hydrogen-bond acceptors (Lipinski definition) is 2. The zero-order chi connectivity index (χ0) is 19.0. The van der Waals surface area contributed by atoms with Gasteiger partial charge in [0.15, 0.2) is 0 Å². The molecule has 0 spiro atoms. The van der Waals surface area contributed by atoms with Crippen LogP contribution in [0.1, 0.15) is 24.1 Å². The minimum Gasteiger partial charge on any atom is -0.310 e. The maximum atomic E-state index is 12.7. The Balaban J connectivity index is 1.51. The molecule has 0 bridgehead atoms. The third-order valence-corrected chi connectivity index (χ3v) is 6.44. The predicted molar refractivity (Wildman–Crippen MR) is 113 cm³/mol. The molecule has 1 fully saturated rings. The van der Waals surface area contributed by atoms with E-state index in [0.29, 0.717) is 11.0 Å². The minimum absolute atomic E-state index is 0.0423. The van der Waals surface area contributed by atoms with Crippen molar-refractivity contribution in [1.29, 1.82) is 0 Å². The molecule has 4 nitrogen and oxygen atoms in total. The van der Waals surface area contributed by atoms with E-state index in [-0.39, 0.29) is 11.0 Å². The number of hydrogen-bond donors (Lipinski definition) is 1. The molecule has 0 amide bonds. The standard InChI is InChI=1S/C21H21BrClN3O/c1-25-18(19(22)20(27)26(25)17-5-3-2-4-6-17)13-24-14-21(11-12-21)15-7-9-16(23)10-8-15/h2-10,24H,11-14H2,1H3. The number of rotatable bonds is 6. The van der Waals surface area contributed by atoms with E-state index in [1.165, 1.54) is 18.4 Å². The summed E-state index contributed by atoms with van der Waals surface area (Å²) >= 11 is 9.50. The van der Waals surface area contributed by atoms with Crippen LogP contribution in [0.25, 0.3) is 5.69 Å². The lowest BCUT2D eigenvalue weighted by molar-refractivity contribution is 0.539. The van der Waals surface area contributed by atoms with Crippen molar-refractivity contribution in [2.75, 3.05) is 6.54 Å². The highest BCUT2D eigenvalue weighted by Gasteiger charge is 2.43. The zero-order valence-electron chi connectivity index (χ0n) is 15.1. The predicted octanol–water partition coefficient (Wildman–Crippen LogP) is 4.41. The molecule has 0 atom stereocenters. The van der Waals surface area contributed by atoms with Crippen LogP contribution in [0.3, 0.4) is 0 Å². The molecule has 6 heteroatoms. The number of benzene rings is 2. The second kappa shape index (κ2) is 7.30. The third kappa shape index (κ3) is 3.51. The van der Waals surface area contributed by atoms with Gasteiger partial charge in [0, 0.05) is 30.6 Å². The summed E-state index contributed by atoms with van der Waals surface area (Å²) < 4.78 is 4.21. The number of nitrogens with one attached hydrogen (secondary N) is 1. The first-order valence-electron chi connectivity index (χ1n) is 9.00. The average molecular weight is 447 g/mol. The van der Waals surface area contributed by atoms with Gasteiger partial charge in [-0.05, 0) is 58.6 Å². The van der Waals surface area contributed by atoms with E-state index in [4.69, 9.17) is 11.6 Å². The van der Waals surface area contributed by atoms with Crippen LogP contribution >= 0.6 is 27.5 Å². The van der Waals surface area contributed by atoms with E-state index in [0.717, 1.165) is 22.9 Å². The fraction of sp³-hybridized carbons (Fsp3) is 0.286. The summed E-state index contributed by atoms with van der Waals surface area (Å²) in [7, 11) is 1.92. The van der Waals surface area contributed by atoms with Crippen LogP contribution in [-0.2, 0) is 19.0 Å². The smallest absolute Gasteiger partial charge is 0.286 e. The Bertz CT molecular complexity index is 1000. The SMILES string of the molecule is Cn1c(CNCC2(c3ccc(Cl)cc3)CC2)c(Br)c(=O)n1-c1ccccc1. The normalized spacial score (nSPS) is 15.1. The first kappa shape index (κ1) is 18.5. The van der Waals surface area contributed by atoms with Gasteiger partial charge in [-0.3, -0.25) is 9.48 Å². The highest BCUT2D eigenvalue weighted by molar-refractivity contribution is 9.10. The molecule has 1 aliphatic rings. The summed E-state index contributed by atoms with van der Waals surface area (Å²) in [5.74, 6) is 0. The molecule has 1 saturated carbocycles. The number of para-hydroxylation sites is 1. The molecule has 0 unspecified atom stereocenters. The fourth-order valence-electron chi connectivity index (χ4n) is 3.61. The lowest BCUT2D eigenvalue weighted by Crippen LogP contribution is -2.27. The highest BCUT2D eigenvalue weighted by Crippen LogP contribution is 2.47. The van der Waals surface area contributed by atoms with Gasteiger partial charge in [0.2, 0.25) is 0 Å². The summed E-state index contributed by atoms with van der Waals surface area (Å²) in [4.78, 5) is 12.7. The summed E-state index contributed by atoms with van der Waals surface area (Å²) in [6, 6.07) is 17.8. The second-order valence-corrected chi connectivity index (χ2v) is 8.36. The maximum absolute atomic E-state index is 12.7. The Kier molecular flexibility index (Phi) is 5.01. The van der Waals surface area contributed by atoms with Crippen molar-refractivity contribution < 1.29 is 0 Å². The molecule has 4 rings (SSSR count). The molecule has 0 radical (unpaired) electrons.